The number of benzene rings is 2. The van der Waals surface area contributed by atoms with Gasteiger partial charge in [-0.2, -0.15) is 0 Å². The lowest BCUT2D eigenvalue weighted by molar-refractivity contribution is 0.102. The summed E-state index contributed by atoms with van der Waals surface area (Å²) in [6.07, 6.45) is 4.89. The monoisotopic (exact) mass is 528 g/mol. The second-order valence-corrected chi connectivity index (χ2v) is 7.83. The van der Waals surface area contributed by atoms with E-state index in [4.69, 9.17) is 10.5 Å². The highest BCUT2D eigenvalue weighted by Crippen LogP contribution is 2.33. The Hall–Kier alpha value is -3.01. The number of nitrogens with two attached hydrogens (primary N) is 1. The van der Waals surface area contributed by atoms with E-state index in [1.165, 1.54) is 31.5 Å². The number of hydrogen-bond donors (Lipinski definition) is 2. The maximum absolute atomic E-state index is 15.3. The number of carbonyl (C=O) groups excluding carboxylic acids is 1. The molecule has 1 atom stereocenters. The number of piperidine rings is 1. The van der Waals surface area contributed by atoms with E-state index in [0.29, 0.717) is 12.2 Å². The summed E-state index contributed by atoms with van der Waals surface area (Å²) in [7, 11) is 1.27. The van der Waals surface area contributed by atoms with Crippen molar-refractivity contribution in [1.82, 2.24) is 4.98 Å². The van der Waals surface area contributed by atoms with Crippen LogP contribution in [0.1, 0.15) is 23.2 Å². The second-order valence-electron chi connectivity index (χ2n) is 7.83. The van der Waals surface area contributed by atoms with Crippen molar-refractivity contribution >= 4 is 42.1 Å². The summed E-state index contributed by atoms with van der Waals surface area (Å²) in [5.74, 6) is -3.84. The molecular formula is C24H25Cl2F3N4O2. The molecule has 0 unspecified atom stereocenters. The van der Waals surface area contributed by atoms with E-state index >= 15 is 4.39 Å². The Labute approximate surface area is 213 Å². The first kappa shape index (κ1) is 28.2. The van der Waals surface area contributed by atoms with Crippen LogP contribution in [0.15, 0.2) is 48.8 Å². The van der Waals surface area contributed by atoms with Gasteiger partial charge in [-0.25, -0.2) is 13.2 Å². The average molecular weight is 529 g/mol. The molecule has 188 valence electrons. The standard InChI is InChI=1S/C24H23F3N4O2.2ClH/c1-33-15-10-18(25)22(19(26)11-15)16-5-2-6-17(23(16)27)24(32)30-20-12-29-8-7-21(20)31-9-3-4-14(28)13-31;;/h2,5-8,10-12,14H,3-4,9,13,28H2,1H3,(H,30,32);2*1H/t14-;;/m0../s1. The van der Waals surface area contributed by atoms with Gasteiger partial charge in [0.05, 0.1) is 35.8 Å². The molecule has 1 saturated heterocycles. The van der Waals surface area contributed by atoms with Crippen LogP contribution < -0.4 is 20.7 Å². The first-order chi connectivity index (χ1) is 15.9. The maximum atomic E-state index is 15.3. The van der Waals surface area contributed by atoms with Crippen LogP contribution in [0.3, 0.4) is 0 Å². The third-order valence-electron chi connectivity index (χ3n) is 5.61. The summed E-state index contributed by atoms with van der Waals surface area (Å²) in [6.45, 7) is 1.38. The van der Waals surface area contributed by atoms with Crippen molar-refractivity contribution in [3.8, 4) is 16.9 Å². The number of anilines is 2. The lowest BCUT2D eigenvalue weighted by Crippen LogP contribution is -2.43. The van der Waals surface area contributed by atoms with Gasteiger partial charge in [-0.3, -0.25) is 9.78 Å². The van der Waals surface area contributed by atoms with Crippen LogP contribution in [0, 0.1) is 17.5 Å². The fraction of sp³-hybridized carbons (Fsp3) is 0.250. The number of nitrogens with zero attached hydrogens (tertiary/aromatic N) is 2. The average Bonchev–Trinajstić information content (AvgIpc) is 2.80. The van der Waals surface area contributed by atoms with Crippen molar-refractivity contribution in [3.05, 3.63) is 71.8 Å². The molecule has 1 aromatic heterocycles. The van der Waals surface area contributed by atoms with Gasteiger partial charge in [0.1, 0.15) is 23.2 Å². The first-order valence-electron chi connectivity index (χ1n) is 10.5. The second kappa shape index (κ2) is 12.1. The van der Waals surface area contributed by atoms with E-state index < -0.39 is 28.9 Å². The zero-order valence-electron chi connectivity index (χ0n) is 18.8. The number of amides is 1. The van der Waals surface area contributed by atoms with Crippen molar-refractivity contribution in [2.75, 3.05) is 30.4 Å². The predicted octanol–water partition coefficient (Wildman–Crippen LogP) is 5.20. The van der Waals surface area contributed by atoms with Gasteiger partial charge in [0.25, 0.3) is 5.91 Å². The zero-order valence-corrected chi connectivity index (χ0v) is 20.4. The van der Waals surface area contributed by atoms with Crippen LogP contribution in [0.2, 0.25) is 0 Å². The summed E-state index contributed by atoms with van der Waals surface area (Å²) >= 11 is 0. The SMILES string of the molecule is COc1cc(F)c(-c2cccc(C(=O)Nc3cnccc3N3CCC[C@H](N)C3)c2F)c(F)c1.Cl.Cl. The van der Waals surface area contributed by atoms with E-state index in [-0.39, 0.29) is 47.7 Å². The molecule has 1 fully saturated rings. The van der Waals surface area contributed by atoms with E-state index in [1.54, 1.807) is 12.3 Å². The molecule has 2 aromatic carbocycles. The molecule has 6 nitrogen and oxygen atoms in total. The third kappa shape index (κ3) is 5.98. The number of pyridine rings is 1. The third-order valence-corrected chi connectivity index (χ3v) is 5.61. The van der Waals surface area contributed by atoms with E-state index in [2.05, 4.69) is 10.3 Å². The van der Waals surface area contributed by atoms with Gasteiger partial charge in [0.2, 0.25) is 0 Å². The highest BCUT2D eigenvalue weighted by Gasteiger charge is 2.24. The Bertz CT molecular complexity index is 1180. The molecule has 3 N–H and O–H groups in total. The number of halogens is 5. The fourth-order valence-corrected chi connectivity index (χ4v) is 4.00. The zero-order chi connectivity index (χ0) is 23.5. The minimum Gasteiger partial charge on any atom is -0.497 e. The molecule has 1 aliphatic rings. The molecule has 1 aliphatic heterocycles. The predicted molar refractivity (Wildman–Crippen MR) is 134 cm³/mol. The molecule has 0 saturated carbocycles. The van der Waals surface area contributed by atoms with Crippen LogP contribution in [0.4, 0.5) is 24.5 Å². The number of rotatable bonds is 5. The fourth-order valence-electron chi connectivity index (χ4n) is 4.00. The summed E-state index contributed by atoms with van der Waals surface area (Å²) in [4.78, 5) is 19.1. The molecule has 0 radical (unpaired) electrons. The summed E-state index contributed by atoms with van der Waals surface area (Å²) < 4.78 is 49.2. The molecule has 0 spiro atoms. The number of aromatic nitrogens is 1. The Kier molecular flexibility index (Phi) is 9.76. The van der Waals surface area contributed by atoms with Gasteiger partial charge in [-0.1, -0.05) is 12.1 Å². The Morgan fingerprint density at radius 2 is 1.89 bits per heavy atom. The molecule has 0 aliphatic carbocycles. The molecule has 3 aromatic rings. The Morgan fingerprint density at radius 3 is 2.54 bits per heavy atom. The van der Waals surface area contributed by atoms with Crippen LogP contribution in [-0.2, 0) is 0 Å². The molecule has 1 amide bonds. The minimum absolute atomic E-state index is 0. The number of methoxy groups -OCH3 is 1. The highest BCUT2D eigenvalue weighted by molar-refractivity contribution is 6.06. The van der Waals surface area contributed by atoms with Crippen LogP contribution >= 0.6 is 24.8 Å². The van der Waals surface area contributed by atoms with Gasteiger partial charge >= 0.3 is 0 Å². The van der Waals surface area contributed by atoms with Crippen molar-refractivity contribution in [2.24, 2.45) is 5.73 Å². The van der Waals surface area contributed by atoms with Crippen molar-refractivity contribution in [2.45, 2.75) is 18.9 Å². The van der Waals surface area contributed by atoms with Crippen LogP contribution in [0.5, 0.6) is 5.75 Å². The smallest absolute Gasteiger partial charge is 0.258 e. The maximum Gasteiger partial charge on any atom is 0.258 e. The van der Waals surface area contributed by atoms with Gasteiger partial charge in [-0.15, -0.1) is 24.8 Å². The minimum atomic E-state index is -1.04. The normalized spacial score (nSPS) is 15.0. The lowest BCUT2D eigenvalue weighted by Gasteiger charge is -2.33. The van der Waals surface area contributed by atoms with Crippen molar-refractivity contribution in [3.63, 3.8) is 0 Å². The molecule has 2 heterocycles. The number of ether oxygens (including phenoxy) is 1. The van der Waals surface area contributed by atoms with Crippen LogP contribution in [0.25, 0.3) is 11.1 Å². The topological polar surface area (TPSA) is 80.5 Å². The molecule has 4 rings (SSSR count). The molecule has 35 heavy (non-hydrogen) atoms. The summed E-state index contributed by atoms with van der Waals surface area (Å²) in [5.41, 5.74) is 5.89. The lowest BCUT2D eigenvalue weighted by atomic mass is 10.00. The van der Waals surface area contributed by atoms with Gasteiger partial charge in [-0.05, 0) is 25.0 Å². The van der Waals surface area contributed by atoms with E-state index in [1.807, 2.05) is 4.90 Å². The molecular weight excluding hydrogens is 504 g/mol. The van der Waals surface area contributed by atoms with Crippen molar-refractivity contribution < 1.29 is 22.7 Å². The van der Waals surface area contributed by atoms with Gasteiger partial charge in [0.15, 0.2) is 0 Å². The van der Waals surface area contributed by atoms with Crippen molar-refractivity contribution in [1.29, 1.82) is 0 Å². The van der Waals surface area contributed by atoms with E-state index in [9.17, 15) is 13.6 Å². The number of hydrogen-bond acceptors (Lipinski definition) is 5. The summed E-state index contributed by atoms with van der Waals surface area (Å²) in [5, 5.41) is 2.67. The summed E-state index contributed by atoms with van der Waals surface area (Å²) in [6, 6.07) is 7.50. The van der Waals surface area contributed by atoms with Crippen LogP contribution in [-0.4, -0.2) is 37.1 Å². The Morgan fingerprint density at radius 1 is 1.17 bits per heavy atom. The Balaban J connectivity index is 0.00000216. The number of nitrogens with one attached hydrogen (secondary N) is 1. The van der Waals surface area contributed by atoms with Gasteiger partial charge in [0, 0.05) is 43.0 Å². The molecule has 0 bridgehead atoms. The quantitative estimate of drug-likeness (QED) is 0.475. The van der Waals surface area contributed by atoms with E-state index in [0.717, 1.165) is 37.2 Å². The first-order valence-corrected chi connectivity index (χ1v) is 10.5. The van der Waals surface area contributed by atoms with Gasteiger partial charge < -0.3 is 20.7 Å². The molecule has 11 heteroatoms. The number of carbonyl (C=O) groups is 1. The highest BCUT2D eigenvalue weighted by atomic mass is 35.5. The largest absolute Gasteiger partial charge is 0.497 e.